The first-order chi connectivity index (χ1) is 13.1. The first-order valence-corrected chi connectivity index (χ1v) is 10.6. The zero-order valence-corrected chi connectivity index (χ0v) is 17.2. The molecule has 1 aliphatic heterocycles. The van der Waals surface area contributed by atoms with Gasteiger partial charge in [-0.3, -0.25) is 4.79 Å². The van der Waals surface area contributed by atoms with Crippen molar-refractivity contribution >= 4 is 29.2 Å². The van der Waals surface area contributed by atoms with Gasteiger partial charge in [0.05, 0.1) is 5.75 Å². The molecular formula is C21H28N4OS. The van der Waals surface area contributed by atoms with Crippen LogP contribution in [0.2, 0.25) is 0 Å². The summed E-state index contributed by atoms with van der Waals surface area (Å²) in [6, 6.07) is 8.52. The Balaban J connectivity index is 1.61. The number of piperidine rings is 1. The maximum atomic E-state index is 12.3. The number of amides is 1. The molecule has 2 heterocycles. The van der Waals surface area contributed by atoms with Crippen molar-refractivity contribution in [2.75, 3.05) is 22.5 Å². The second kappa shape index (κ2) is 9.22. The maximum Gasteiger partial charge on any atom is 0.234 e. The van der Waals surface area contributed by atoms with Crippen molar-refractivity contribution < 1.29 is 4.79 Å². The molecule has 27 heavy (non-hydrogen) atoms. The molecule has 1 atom stereocenters. The fourth-order valence-corrected chi connectivity index (χ4v) is 4.17. The predicted octanol–water partition coefficient (Wildman–Crippen LogP) is 4.59. The molecule has 5 nitrogen and oxygen atoms in total. The number of rotatable bonds is 6. The number of hydrogen-bond donors (Lipinski definition) is 1. The van der Waals surface area contributed by atoms with Crippen molar-refractivity contribution in [1.29, 1.82) is 0 Å². The summed E-state index contributed by atoms with van der Waals surface area (Å²) in [5.74, 6) is 1.30. The molecule has 1 aliphatic rings. The average Bonchev–Trinajstić information content (AvgIpc) is 2.70. The van der Waals surface area contributed by atoms with Gasteiger partial charge in [-0.15, -0.1) is 0 Å². The molecular weight excluding hydrogens is 356 g/mol. The van der Waals surface area contributed by atoms with Gasteiger partial charge < -0.3 is 10.2 Å². The number of aryl methyl sites for hydroxylation is 1. The summed E-state index contributed by atoms with van der Waals surface area (Å²) in [5.41, 5.74) is 3.16. The highest BCUT2D eigenvalue weighted by Gasteiger charge is 2.22. The van der Waals surface area contributed by atoms with Crippen LogP contribution >= 0.6 is 11.8 Å². The van der Waals surface area contributed by atoms with Crippen LogP contribution in [0.25, 0.3) is 0 Å². The second-order valence-corrected chi connectivity index (χ2v) is 8.05. The van der Waals surface area contributed by atoms with Crippen LogP contribution in [0, 0.1) is 13.8 Å². The van der Waals surface area contributed by atoms with Gasteiger partial charge in [-0.25, -0.2) is 9.97 Å². The minimum absolute atomic E-state index is 0.0155. The average molecular weight is 385 g/mol. The van der Waals surface area contributed by atoms with Gasteiger partial charge in [0.15, 0.2) is 0 Å². The van der Waals surface area contributed by atoms with E-state index in [9.17, 15) is 4.79 Å². The Kier molecular flexibility index (Phi) is 6.72. The van der Waals surface area contributed by atoms with Gasteiger partial charge in [0.25, 0.3) is 0 Å². The van der Waals surface area contributed by atoms with E-state index < -0.39 is 0 Å². The summed E-state index contributed by atoms with van der Waals surface area (Å²) < 4.78 is 0. The number of hydrogen-bond acceptors (Lipinski definition) is 5. The SMILES string of the molecule is CCC1CCCCN1c1cc(SCC(=O)Nc2cccc(C)c2C)ncn1. The molecule has 0 saturated carbocycles. The van der Waals surface area contributed by atoms with E-state index >= 15 is 0 Å². The number of thioether (sulfide) groups is 1. The molecule has 3 rings (SSSR count). The number of carbonyl (C=O) groups is 1. The number of benzene rings is 1. The summed E-state index contributed by atoms with van der Waals surface area (Å²) in [6.45, 7) is 7.36. The molecule has 1 amide bonds. The minimum Gasteiger partial charge on any atom is -0.354 e. The topological polar surface area (TPSA) is 58.1 Å². The number of anilines is 2. The Morgan fingerprint density at radius 3 is 2.96 bits per heavy atom. The van der Waals surface area contributed by atoms with E-state index in [1.165, 1.54) is 36.6 Å². The summed E-state index contributed by atoms with van der Waals surface area (Å²) in [6.07, 6.45) is 6.47. The van der Waals surface area contributed by atoms with E-state index in [1.54, 1.807) is 6.33 Å². The number of nitrogens with zero attached hydrogens (tertiary/aromatic N) is 3. The number of nitrogens with one attached hydrogen (secondary N) is 1. The summed E-state index contributed by atoms with van der Waals surface area (Å²) in [7, 11) is 0. The number of aromatic nitrogens is 2. The van der Waals surface area contributed by atoms with Crippen molar-refractivity contribution in [2.24, 2.45) is 0 Å². The first kappa shape index (κ1) is 19.7. The van der Waals surface area contributed by atoms with Crippen molar-refractivity contribution in [3.8, 4) is 0 Å². The fraction of sp³-hybridized carbons (Fsp3) is 0.476. The Labute approximate surface area is 166 Å². The molecule has 1 aromatic heterocycles. The van der Waals surface area contributed by atoms with Crippen LogP contribution in [0.4, 0.5) is 11.5 Å². The molecule has 6 heteroatoms. The summed E-state index contributed by atoms with van der Waals surface area (Å²) in [5, 5.41) is 3.85. The maximum absolute atomic E-state index is 12.3. The van der Waals surface area contributed by atoms with Crippen LogP contribution in [0.15, 0.2) is 35.6 Å². The van der Waals surface area contributed by atoms with E-state index in [0.29, 0.717) is 11.8 Å². The normalized spacial score (nSPS) is 17.0. The third kappa shape index (κ3) is 5.01. The predicted molar refractivity (Wildman–Crippen MR) is 113 cm³/mol. The second-order valence-electron chi connectivity index (χ2n) is 7.05. The third-order valence-electron chi connectivity index (χ3n) is 5.25. The van der Waals surface area contributed by atoms with Crippen molar-refractivity contribution in [1.82, 2.24) is 9.97 Å². The van der Waals surface area contributed by atoms with Gasteiger partial charge >= 0.3 is 0 Å². The lowest BCUT2D eigenvalue weighted by atomic mass is 10.0. The van der Waals surface area contributed by atoms with Gasteiger partial charge in [-0.1, -0.05) is 30.8 Å². The van der Waals surface area contributed by atoms with Crippen LogP contribution in [-0.4, -0.2) is 34.2 Å². The van der Waals surface area contributed by atoms with Crippen molar-refractivity contribution in [2.45, 2.75) is 57.5 Å². The molecule has 144 valence electrons. The lowest BCUT2D eigenvalue weighted by Gasteiger charge is -2.36. The quantitative estimate of drug-likeness (QED) is 0.583. The van der Waals surface area contributed by atoms with Gasteiger partial charge in [-0.2, -0.15) is 0 Å². The highest BCUT2D eigenvalue weighted by Crippen LogP contribution is 2.27. The van der Waals surface area contributed by atoms with Crippen LogP contribution < -0.4 is 10.2 Å². The molecule has 1 unspecified atom stereocenters. The first-order valence-electron chi connectivity index (χ1n) is 9.66. The standard InChI is InChI=1S/C21H28N4OS/c1-4-17-9-5-6-11-25(17)19-12-21(23-14-22-19)27-13-20(26)24-18-10-7-8-15(2)16(18)3/h7-8,10,12,14,17H,4-6,9,11,13H2,1-3H3,(H,24,26). The van der Waals surface area contributed by atoms with E-state index in [1.807, 2.05) is 38.1 Å². The van der Waals surface area contributed by atoms with E-state index in [4.69, 9.17) is 0 Å². The molecule has 1 aromatic carbocycles. The Morgan fingerprint density at radius 2 is 2.15 bits per heavy atom. The van der Waals surface area contributed by atoms with Crippen LogP contribution in [-0.2, 0) is 4.79 Å². The van der Waals surface area contributed by atoms with Crippen LogP contribution in [0.1, 0.15) is 43.7 Å². The molecule has 2 aromatic rings. The Morgan fingerprint density at radius 1 is 1.30 bits per heavy atom. The summed E-state index contributed by atoms with van der Waals surface area (Å²) >= 11 is 1.46. The Hall–Kier alpha value is -2.08. The summed E-state index contributed by atoms with van der Waals surface area (Å²) in [4.78, 5) is 23.6. The van der Waals surface area contributed by atoms with Gasteiger partial charge in [-0.05, 0) is 56.7 Å². The van der Waals surface area contributed by atoms with E-state index in [-0.39, 0.29) is 5.91 Å². The van der Waals surface area contributed by atoms with E-state index in [2.05, 4.69) is 27.1 Å². The minimum atomic E-state index is -0.0155. The van der Waals surface area contributed by atoms with Gasteiger partial charge in [0.1, 0.15) is 17.2 Å². The monoisotopic (exact) mass is 384 g/mol. The number of carbonyl (C=O) groups excluding carboxylic acids is 1. The molecule has 1 saturated heterocycles. The van der Waals surface area contributed by atoms with E-state index in [0.717, 1.165) is 35.1 Å². The largest absolute Gasteiger partial charge is 0.354 e. The molecule has 0 spiro atoms. The van der Waals surface area contributed by atoms with Gasteiger partial charge in [0.2, 0.25) is 5.91 Å². The zero-order chi connectivity index (χ0) is 19.2. The molecule has 0 bridgehead atoms. The fourth-order valence-electron chi connectivity index (χ4n) is 3.50. The van der Waals surface area contributed by atoms with Crippen LogP contribution in [0.3, 0.4) is 0 Å². The molecule has 0 aliphatic carbocycles. The Bertz CT molecular complexity index is 796. The van der Waals surface area contributed by atoms with Crippen molar-refractivity contribution in [3.05, 3.63) is 41.7 Å². The third-order valence-corrected chi connectivity index (χ3v) is 6.18. The zero-order valence-electron chi connectivity index (χ0n) is 16.4. The highest BCUT2D eigenvalue weighted by atomic mass is 32.2. The van der Waals surface area contributed by atoms with Gasteiger partial charge in [0, 0.05) is 24.3 Å². The molecule has 1 N–H and O–H groups in total. The lowest BCUT2D eigenvalue weighted by Crippen LogP contribution is -2.39. The van der Waals surface area contributed by atoms with Crippen molar-refractivity contribution in [3.63, 3.8) is 0 Å². The molecule has 1 fully saturated rings. The lowest BCUT2D eigenvalue weighted by molar-refractivity contribution is -0.113. The van der Waals surface area contributed by atoms with Crippen LogP contribution in [0.5, 0.6) is 0 Å². The smallest absolute Gasteiger partial charge is 0.234 e. The molecule has 0 radical (unpaired) electrons. The highest BCUT2D eigenvalue weighted by molar-refractivity contribution is 7.99.